The Morgan fingerprint density at radius 3 is 2.62 bits per heavy atom. The number of aromatic nitrogens is 2. The molecular weight excluding hydrogens is 547 g/mol. The fraction of sp³-hybridized carbons (Fsp3) is 0.200. The van der Waals surface area contributed by atoms with Crippen LogP contribution in [0, 0.1) is 0 Å². The van der Waals surface area contributed by atoms with E-state index in [0.717, 1.165) is 24.2 Å². The van der Waals surface area contributed by atoms with Crippen LogP contribution in [0.3, 0.4) is 0 Å². The molecule has 0 bridgehead atoms. The average Bonchev–Trinajstić information content (AvgIpc) is 3.43. The summed E-state index contributed by atoms with van der Waals surface area (Å²) in [6, 6.07) is 22.3. The first-order chi connectivity index (χ1) is 19.3. The van der Waals surface area contributed by atoms with Crippen molar-refractivity contribution in [3.63, 3.8) is 0 Å². The second-order valence-electron chi connectivity index (χ2n) is 9.57. The number of nitrogen functional groups attached to an aromatic ring is 1. The third-order valence-electron chi connectivity index (χ3n) is 6.92. The number of carbonyl (C=O) groups is 2. The zero-order chi connectivity index (χ0) is 28.2. The fourth-order valence-corrected chi connectivity index (χ4v) is 5.38. The maximum atomic E-state index is 14.1. The lowest BCUT2D eigenvalue weighted by atomic mass is 10.1. The maximum absolute atomic E-state index is 14.1. The van der Waals surface area contributed by atoms with E-state index in [1.165, 1.54) is 13.2 Å². The van der Waals surface area contributed by atoms with Crippen molar-refractivity contribution in [3.8, 4) is 11.3 Å². The molecule has 1 aliphatic rings. The zero-order valence-corrected chi connectivity index (χ0v) is 23.4. The molecule has 10 heteroatoms. The number of hydrogen-bond acceptors (Lipinski definition) is 6. The smallest absolute Gasteiger partial charge is 0.273 e. The molecule has 3 N–H and O–H groups in total. The van der Waals surface area contributed by atoms with Crippen molar-refractivity contribution in [1.29, 1.82) is 0 Å². The number of nitrogens with two attached hydrogens (primary N) is 1. The molecular formula is C30H28Cl2N6O2. The summed E-state index contributed by atoms with van der Waals surface area (Å²) in [4.78, 5) is 39.0. The summed E-state index contributed by atoms with van der Waals surface area (Å²) in [5.74, 6) is -0.518. The molecule has 8 nitrogen and oxygen atoms in total. The van der Waals surface area contributed by atoms with E-state index < -0.39 is 5.91 Å². The molecule has 4 aromatic rings. The molecule has 1 aliphatic heterocycles. The summed E-state index contributed by atoms with van der Waals surface area (Å²) in [6.07, 6.45) is 2.31. The summed E-state index contributed by atoms with van der Waals surface area (Å²) in [7, 11) is 1.50. The largest absolute Gasteiger partial charge is 0.382 e. The molecule has 3 aromatic carbocycles. The molecule has 1 saturated heterocycles. The fourth-order valence-electron chi connectivity index (χ4n) is 4.91. The normalized spacial score (nSPS) is 15.1. The summed E-state index contributed by atoms with van der Waals surface area (Å²) < 4.78 is 0. The van der Waals surface area contributed by atoms with Gasteiger partial charge in [0.25, 0.3) is 11.8 Å². The van der Waals surface area contributed by atoms with E-state index in [9.17, 15) is 9.59 Å². The zero-order valence-electron chi connectivity index (χ0n) is 21.8. The highest BCUT2D eigenvalue weighted by atomic mass is 35.5. The quantitative estimate of drug-likeness (QED) is 0.310. The number of para-hydroxylation sites is 1. The van der Waals surface area contributed by atoms with Gasteiger partial charge in [0.15, 0.2) is 11.5 Å². The van der Waals surface area contributed by atoms with Crippen molar-refractivity contribution in [1.82, 2.24) is 20.2 Å². The first kappa shape index (κ1) is 27.6. The molecule has 1 fully saturated rings. The Morgan fingerprint density at radius 2 is 1.88 bits per heavy atom. The number of nitrogens with zero attached hydrogens (tertiary/aromatic N) is 4. The number of carbonyl (C=O) groups excluding carboxylic acids is 2. The SMILES string of the molecule is CNC(=O)c1nc(-c2cccc(C(=O)N(c3ccccc3)[C@@H]3CCN(Cc4ccc(Cl)cc4Cl)C3)c2)cnc1N. The molecule has 0 spiro atoms. The third kappa shape index (κ3) is 5.94. The Bertz CT molecular complexity index is 1550. The van der Waals surface area contributed by atoms with Gasteiger partial charge in [0.1, 0.15) is 0 Å². The molecule has 40 heavy (non-hydrogen) atoms. The van der Waals surface area contributed by atoms with E-state index in [1.54, 1.807) is 24.3 Å². The van der Waals surface area contributed by atoms with Crippen molar-refractivity contribution >= 4 is 46.5 Å². The number of nitrogens with one attached hydrogen (secondary N) is 1. The second kappa shape index (κ2) is 12.0. The van der Waals surface area contributed by atoms with Crippen LogP contribution in [-0.2, 0) is 6.54 Å². The molecule has 2 heterocycles. The Hall–Kier alpha value is -3.98. The Balaban J connectivity index is 1.42. The minimum Gasteiger partial charge on any atom is -0.382 e. The van der Waals surface area contributed by atoms with Gasteiger partial charge in [-0.2, -0.15) is 0 Å². The standard InChI is InChI=1S/C30H28Cl2N6O2/c1-34-29(39)27-28(33)35-16-26(36-27)19-6-5-7-20(14-19)30(40)38(23-8-3-2-4-9-23)24-12-13-37(18-24)17-21-10-11-22(31)15-25(21)32/h2-11,14-16,24H,12-13,17-18H2,1H3,(H2,33,35)(H,34,39)/t24-/m1/s1. The average molecular weight is 576 g/mol. The highest BCUT2D eigenvalue weighted by Crippen LogP contribution is 2.29. The van der Waals surface area contributed by atoms with Gasteiger partial charge < -0.3 is 16.0 Å². The molecule has 5 rings (SSSR count). The lowest BCUT2D eigenvalue weighted by Crippen LogP contribution is -2.42. The topological polar surface area (TPSA) is 104 Å². The van der Waals surface area contributed by atoms with Gasteiger partial charge in [0, 0.05) is 53.5 Å². The molecule has 1 atom stereocenters. The molecule has 0 saturated carbocycles. The van der Waals surface area contributed by atoms with Crippen LogP contribution in [0.2, 0.25) is 10.0 Å². The van der Waals surface area contributed by atoms with Gasteiger partial charge in [-0.3, -0.25) is 14.5 Å². The maximum Gasteiger partial charge on any atom is 0.273 e. The highest BCUT2D eigenvalue weighted by molar-refractivity contribution is 6.35. The Kier molecular flexibility index (Phi) is 8.30. The van der Waals surface area contributed by atoms with E-state index in [4.69, 9.17) is 28.9 Å². The lowest BCUT2D eigenvalue weighted by molar-refractivity contribution is 0.0955. The Morgan fingerprint density at radius 1 is 1.07 bits per heavy atom. The van der Waals surface area contributed by atoms with Gasteiger partial charge in [-0.25, -0.2) is 9.97 Å². The van der Waals surface area contributed by atoms with Crippen LogP contribution in [0.25, 0.3) is 11.3 Å². The van der Waals surface area contributed by atoms with Gasteiger partial charge in [0.2, 0.25) is 0 Å². The highest BCUT2D eigenvalue weighted by Gasteiger charge is 2.32. The van der Waals surface area contributed by atoms with Crippen molar-refractivity contribution in [2.75, 3.05) is 30.8 Å². The molecule has 0 aliphatic carbocycles. The number of likely N-dealkylation sites (tertiary alicyclic amines) is 1. The van der Waals surface area contributed by atoms with Gasteiger partial charge in [-0.15, -0.1) is 0 Å². The number of halogens is 2. The molecule has 0 unspecified atom stereocenters. The van der Waals surface area contributed by atoms with Gasteiger partial charge in [0.05, 0.1) is 17.9 Å². The van der Waals surface area contributed by atoms with E-state index in [1.807, 2.05) is 53.4 Å². The summed E-state index contributed by atoms with van der Waals surface area (Å²) in [5, 5.41) is 3.76. The second-order valence-corrected chi connectivity index (χ2v) is 10.4. The predicted molar refractivity (Wildman–Crippen MR) is 159 cm³/mol. The number of amides is 2. The number of hydrogen-bond donors (Lipinski definition) is 2. The minimum absolute atomic E-state index is 0.0366. The van der Waals surface area contributed by atoms with Crippen molar-refractivity contribution in [2.45, 2.75) is 19.0 Å². The molecule has 204 valence electrons. The summed E-state index contributed by atoms with van der Waals surface area (Å²) in [5.41, 5.74) is 9.32. The van der Waals surface area contributed by atoms with Crippen LogP contribution in [0.4, 0.5) is 11.5 Å². The molecule has 1 aromatic heterocycles. The van der Waals surface area contributed by atoms with Crippen LogP contribution < -0.4 is 16.0 Å². The predicted octanol–water partition coefficient (Wildman–Crippen LogP) is 5.31. The van der Waals surface area contributed by atoms with E-state index in [2.05, 4.69) is 20.2 Å². The van der Waals surface area contributed by atoms with Crippen LogP contribution in [0.5, 0.6) is 0 Å². The molecule has 0 radical (unpaired) electrons. The van der Waals surface area contributed by atoms with Gasteiger partial charge >= 0.3 is 0 Å². The van der Waals surface area contributed by atoms with Crippen LogP contribution >= 0.6 is 23.2 Å². The third-order valence-corrected chi connectivity index (χ3v) is 7.51. The monoisotopic (exact) mass is 574 g/mol. The van der Waals surface area contributed by atoms with Gasteiger partial charge in [-0.05, 0) is 48.4 Å². The minimum atomic E-state index is -0.431. The van der Waals surface area contributed by atoms with Gasteiger partial charge in [-0.1, -0.05) is 59.6 Å². The van der Waals surface area contributed by atoms with Crippen LogP contribution in [-0.4, -0.2) is 52.9 Å². The first-order valence-corrected chi connectivity index (χ1v) is 13.6. The Labute approximate surface area is 242 Å². The van der Waals surface area contributed by atoms with E-state index in [-0.39, 0.29) is 23.5 Å². The summed E-state index contributed by atoms with van der Waals surface area (Å²) >= 11 is 12.5. The van der Waals surface area contributed by atoms with Crippen molar-refractivity contribution < 1.29 is 9.59 Å². The van der Waals surface area contributed by atoms with Crippen molar-refractivity contribution in [3.05, 3.63) is 106 Å². The molecule has 2 amide bonds. The first-order valence-electron chi connectivity index (χ1n) is 12.8. The number of benzene rings is 3. The van der Waals surface area contributed by atoms with Crippen molar-refractivity contribution in [2.24, 2.45) is 0 Å². The van der Waals surface area contributed by atoms with Crippen LogP contribution in [0.1, 0.15) is 32.8 Å². The van der Waals surface area contributed by atoms with Crippen LogP contribution in [0.15, 0.2) is 79.0 Å². The number of anilines is 2. The lowest BCUT2D eigenvalue weighted by Gasteiger charge is -2.30. The van der Waals surface area contributed by atoms with E-state index >= 15 is 0 Å². The number of rotatable bonds is 7. The summed E-state index contributed by atoms with van der Waals surface area (Å²) in [6.45, 7) is 2.18. The van der Waals surface area contributed by atoms with E-state index in [0.29, 0.717) is 40.0 Å².